The van der Waals surface area contributed by atoms with Crippen LogP contribution in [0.4, 0.5) is 0 Å². The molecule has 1 rings (SSSR count). The van der Waals surface area contributed by atoms with Gasteiger partial charge in [0.05, 0.1) is 6.33 Å². The van der Waals surface area contributed by atoms with E-state index in [4.69, 9.17) is 0 Å². The van der Waals surface area contributed by atoms with E-state index in [9.17, 15) is 4.79 Å². The second-order valence-corrected chi connectivity index (χ2v) is 3.53. The summed E-state index contributed by atoms with van der Waals surface area (Å²) in [5, 5.41) is 0. The minimum atomic E-state index is 0.0489. The Hall–Kier alpha value is -1.12. The summed E-state index contributed by atoms with van der Waals surface area (Å²) in [6.45, 7) is 6.85. The van der Waals surface area contributed by atoms with Gasteiger partial charge >= 0.3 is 0 Å². The molecule has 3 heteroatoms. The number of rotatable bonds is 3. The molecule has 0 saturated heterocycles. The lowest BCUT2D eigenvalue weighted by Gasteiger charge is -2.10. The summed E-state index contributed by atoms with van der Waals surface area (Å²) < 4.78 is 1.67. The zero-order valence-corrected chi connectivity index (χ0v) is 8.45. The number of nitrogens with zero attached hydrogens (tertiary/aromatic N) is 2. The van der Waals surface area contributed by atoms with Crippen molar-refractivity contribution in [3.05, 3.63) is 28.4 Å². The molecule has 0 aliphatic carbocycles. The first-order valence-corrected chi connectivity index (χ1v) is 4.66. The minimum absolute atomic E-state index is 0.0489. The quantitative estimate of drug-likeness (QED) is 0.708. The average molecular weight is 180 g/mol. The van der Waals surface area contributed by atoms with Crippen LogP contribution in [0.3, 0.4) is 0 Å². The van der Waals surface area contributed by atoms with E-state index in [0.29, 0.717) is 5.92 Å². The number of hydrogen-bond donors (Lipinski definition) is 0. The number of hydrogen-bond acceptors (Lipinski definition) is 2. The van der Waals surface area contributed by atoms with Crippen molar-refractivity contribution in [3.63, 3.8) is 0 Å². The first-order chi connectivity index (χ1) is 6.13. The second-order valence-electron chi connectivity index (χ2n) is 3.53. The van der Waals surface area contributed by atoms with Gasteiger partial charge in [0.2, 0.25) is 0 Å². The van der Waals surface area contributed by atoms with Crippen LogP contribution in [0.1, 0.15) is 26.0 Å². The fourth-order valence-electron chi connectivity index (χ4n) is 1.12. The maximum Gasteiger partial charge on any atom is 0.253 e. The van der Waals surface area contributed by atoms with Gasteiger partial charge in [-0.3, -0.25) is 9.36 Å². The third-order valence-corrected chi connectivity index (χ3v) is 2.22. The highest BCUT2D eigenvalue weighted by Gasteiger charge is 2.02. The molecule has 1 atom stereocenters. The van der Waals surface area contributed by atoms with Gasteiger partial charge in [-0.05, 0) is 12.8 Å². The number of aromatic nitrogens is 2. The average Bonchev–Trinajstić information content (AvgIpc) is 2.09. The van der Waals surface area contributed by atoms with Crippen LogP contribution in [-0.4, -0.2) is 9.55 Å². The molecule has 1 unspecified atom stereocenters. The van der Waals surface area contributed by atoms with Crippen molar-refractivity contribution in [1.82, 2.24) is 9.55 Å². The Labute approximate surface area is 78.4 Å². The van der Waals surface area contributed by atoms with Gasteiger partial charge in [-0.2, -0.15) is 0 Å². The summed E-state index contributed by atoms with van der Waals surface area (Å²) in [5.41, 5.74) is 0.832. The summed E-state index contributed by atoms with van der Waals surface area (Å²) in [6.07, 6.45) is 2.71. The van der Waals surface area contributed by atoms with Crippen LogP contribution >= 0.6 is 0 Å². The van der Waals surface area contributed by atoms with E-state index in [0.717, 1.165) is 18.7 Å². The Balaban J connectivity index is 2.84. The predicted octanol–water partition coefficient (Wildman–Crippen LogP) is 1.60. The lowest BCUT2D eigenvalue weighted by molar-refractivity contribution is 0.455. The van der Waals surface area contributed by atoms with Crippen molar-refractivity contribution in [2.75, 3.05) is 0 Å². The summed E-state index contributed by atoms with van der Waals surface area (Å²) in [4.78, 5) is 15.5. The maximum atomic E-state index is 11.4. The van der Waals surface area contributed by atoms with Crippen LogP contribution in [0, 0.1) is 12.8 Å². The zero-order valence-electron chi connectivity index (χ0n) is 8.45. The lowest BCUT2D eigenvalue weighted by Crippen LogP contribution is -2.22. The van der Waals surface area contributed by atoms with E-state index in [2.05, 4.69) is 18.8 Å². The van der Waals surface area contributed by atoms with Crippen molar-refractivity contribution in [2.45, 2.75) is 33.7 Å². The van der Waals surface area contributed by atoms with Crippen molar-refractivity contribution < 1.29 is 0 Å². The van der Waals surface area contributed by atoms with Gasteiger partial charge in [-0.15, -0.1) is 0 Å². The minimum Gasteiger partial charge on any atom is -0.299 e. The first kappa shape index (κ1) is 9.96. The van der Waals surface area contributed by atoms with E-state index < -0.39 is 0 Å². The SMILES string of the molecule is CCC(C)Cn1cnc(C)cc1=O. The van der Waals surface area contributed by atoms with E-state index >= 15 is 0 Å². The smallest absolute Gasteiger partial charge is 0.253 e. The lowest BCUT2D eigenvalue weighted by atomic mass is 10.1. The number of aryl methyl sites for hydroxylation is 1. The van der Waals surface area contributed by atoms with Gasteiger partial charge in [0, 0.05) is 18.3 Å². The summed E-state index contributed by atoms with van der Waals surface area (Å²) in [5.74, 6) is 0.530. The molecule has 0 radical (unpaired) electrons. The Morgan fingerprint density at radius 1 is 1.62 bits per heavy atom. The molecule has 0 spiro atoms. The third kappa shape index (κ3) is 2.68. The molecule has 0 saturated carbocycles. The molecule has 1 heterocycles. The highest BCUT2D eigenvalue weighted by atomic mass is 16.1. The molecule has 1 aromatic heterocycles. The molecule has 3 nitrogen and oxygen atoms in total. The normalized spacial score (nSPS) is 12.8. The molecule has 0 bridgehead atoms. The Morgan fingerprint density at radius 3 is 2.85 bits per heavy atom. The molecule has 72 valence electrons. The van der Waals surface area contributed by atoms with Crippen LogP contribution in [-0.2, 0) is 6.54 Å². The fourth-order valence-corrected chi connectivity index (χ4v) is 1.12. The van der Waals surface area contributed by atoms with E-state index in [1.54, 1.807) is 17.0 Å². The molecule has 0 aromatic carbocycles. The maximum absolute atomic E-state index is 11.4. The highest BCUT2D eigenvalue weighted by Crippen LogP contribution is 2.02. The largest absolute Gasteiger partial charge is 0.299 e. The van der Waals surface area contributed by atoms with Crippen LogP contribution in [0.25, 0.3) is 0 Å². The van der Waals surface area contributed by atoms with Gasteiger partial charge in [0.25, 0.3) is 5.56 Å². The fraction of sp³-hybridized carbons (Fsp3) is 0.600. The second kappa shape index (κ2) is 4.21. The van der Waals surface area contributed by atoms with Gasteiger partial charge in [-0.25, -0.2) is 4.98 Å². The molecule has 0 aliphatic heterocycles. The van der Waals surface area contributed by atoms with E-state index in [1.165, 1.54) is 0 Å². The summed E-state index contributed by atoms with van der Waals surface area (Å²) in [6, 6.07) is 1.57. The zero-order chi connectivity index (χ0) is 9.84. The van der Waals surface area contributed by atoms with Crippen molar-refractivity contribution in [1.29, 1.82) is 0 Å². The molecule has 0 aliphatic rings. The molecule has 0 amide bonds. The molecule has 1 aromatic rings. The topological polar surface area (TPSA) is 34.9 Å². The Bertz CT molecular complexity index is 330. The van der Waals surface area contributed by atoms with Gasteiger partial charge in [0.1, 0.15) is 0 Å². The molecular formula is C10H16N2O. The van der Waals surface area contributed by atoms with Crippen LogP contribution in [0.2, 0.25) is 0 Å². The van der Waals surface area contributed by atoms with Crippen LogP contribution in [0.15, 0.2) is 17.2 Å². The van der Waals surface area contributed by atoms with Gasteiger partial charge < -0.3 is 0 Å². The van der Waals surface area contributed by atoms with E-state index in [1.807, 2.05) is 6.92 Å². The monoisotopic (exact) mass is 180 g/mol. The molecule has 0 fully saturated rings. The van der Waals surface area contributed by atoms with Crippen LogP contribution < -0.4 is 5.56 Å². The van der Waals surface area contributed by atoms with Gasteiger partial charge in [0.15, 0.2) is 0 Å². The highest BCUT2D eigenvalue weighted by molar-refractivity contribution is 4.95. The van der Waals surface area contributed by atoms with Crippen molar-refractivity contribution in [2.24, 2.45) is 5.92 Å². The summed E-state index contributed by atoms with van der Waals surface area (Å²) >= 11 is 0. The molecule has 0 N–H and O–H groups in total. The third-order valence-electron chi connectivity index (χ3n) is 2.22. The first-order valence-electron chi connectivity index (χ1n) is 4.66. The summed E-state index contributed by atoms with van der Waals surface area (Å²) in [7, 11) is 0. The predicted molar refractivity (Wildman–Crippen MR) is 52.7 cm³/mol. The van der Waals surface area contributed by atoms with Crippen LogP contribution in [0.5, 0.6) is 0 Å². The van der Waals surface area contributed by atoms with Gasteiger partial charge in [-0.1, -0.05) is 20.3 Å². The Kier molecular flexibility index (Phi) is 3.23. The standard InChI is InChI=1S/C10H16N2O/c1-4-8(2)6-12-7-11-9(3)5-10(12)13/h5,7-8H,4,6H2,1-3H3. The van der Waals surface area contributed by atoms with E-state index in [-0.39, 0.29) is 5.56 Å². The van der Waals surface area contributed by atoms with Crippen molar-refractivity contribution in [3.8, 4) is 0 Å². The molecule has 13 heavy (non-hydrogen) atoms. The Morgan fingerprint density at radius 2 is 2.31 bits per heavy atom. The molecular weight excluding hydrogens is 164 g/mol. The van der Waals surface area contributed by atoms with Crippen molar-refractivity contribution >= 4 is 0 Å².